The minimum Gasteiger partial charge on any atom is -0.355 e. The molecule has 3 aromatic rings. The Bertz CT molecular complexity index is 713. The van der Waals surface area contributed by atoms with E-state index in [1.54, 1.807) is 0 Å². The van der Waals surface area contributed by atoms with E-state index in [4.69, 9.17) is 11.6 Å². The number of rotatable bonds is 3. The fourth-order valence-electron chi connectivity index (χ4n) is 2.57. The number of hydrogen-bond donors (Lipinski definition) is 1. The van der Waals surface area contributed by atoms with E-state index in [0.717, 1.165) is 6.42 Å². The van der Waals surface area contributed by atoms with E-state index in [1.165, 1.54) is 27.4 Å². The molecule has 2 aromatic carbocycles. The molecule has 0 spiro atoms. The molecular weight excluding hydrogens is 254 g/mol. The molecule has 0 saturated heterocycles. The highest BCUT2D eigenvalue weighted by molar-refractivity contribution is 6.21. The Morgan fingerprint density at radius 3 is 2.58 bits per heavy atom. The van der Waals surface area contributed by atoms with Gasteiger partial charge < -0.3 is 4.98 Å². The van der Waals surface area contributed by atoms with Crippen molar-refractivity contribution >= 4 is 33.4 Å². The third-order valence-corrected chi connectivity index (χ3v) is 4.67. The van der Waals surface area contributed by atoms with Crippen LogP contribution in [0.15, 0.2) is 42.5 Å². The second kappa shape index (κ2) is 4.90. The van der Waals surface area contributed by atoms with Gasteiger partial charge >= 0.3 is 0 Å². The van der Waals surface area contributed by atoms with Crippen LogP contribution >= 0.6 is 11.6 Å². The highest BCUT2D eigenvalue weighted by Gasteiger charge is 2.16. The molecule has 0 aliphatic heterocycles. The summed E-state index contributed by atoms with van der Waals surface area (Å²) in [7, 11) is 0. The molecule has 1 heterocycles. The largest absolute Gasteiger partial charge is 0.355 e. The van der Waals surface area contributed by atoms with Crippen molar-refractivity contribution in [2.24, 2.45) is 5.92 Å². The number of alkyl halides is 1. The SMILES string of the molecule is CCC(C)C(Cl)c1ccc2[nH]c3ccccc3c2c1. The molecule has 0 fully saturated rings. The molecule has 0 bridgehead atoms. The highest BCUT2D eigenvalue weighted by Crippen LogP contribution is 2.34. The predicted octanol–water partition coefficient (Wildman–Crippen LogP) is 5.65. The number of fused-ring (bicyclic) bond motifs is 3. The molecule has 2 heteroatoms. The summed E-state index contributed by atoms with van der Waals surface area (Å²) in [6, 6.07) is 14.9. The van der Waals surface area contributed by atoms with Crippen molar-refractivity contribution in [2.45, 2.75) is 25.6 Å². The third-order valence-electron chi connectivity index (χ3n) is 3.99. The Hall–Kier alpha value is -1.47. The summed E-state index contributed by atoms with van der Waals surface area (Å²) >= 11 is 6.57. The number of para-hydroxylation sites is 1. The summed E-state index contributed by atoms with van der Waals surface area (Å²) in [5.74, 6) is 0.490. The quantitative estimate of drug-likeness (QED) is 0.593. The molecule has 1 N–H and O–H groups in total. The summed E-state index contributed by atoms with van der Waals surface area (Å²) < 4.78 is 0. The molecule has 2 atom stereocenters. The van der Waals surface area contributed by atoms with Crippen LogP contribution in [0, 0.1) is 5.92 Å². The number of benzene rings is 2. The zero-order valence-corrected chi connectivity index (χ0v) is 12.0. The maximum atomic E-state index is 6.57. The fraction of sp³-hybridized carbons (Fsp3) is 0.294. The monoisotopic (exact) mass is 271 g/mol. The highest BCUT2D eigenvalue weighted by atomic mass is 35.5. The van der Waals surface area contributed by atoms with Crippen LogP contribution < -0.4 is 0 Å². The van der Waals surface area contributed by atoms with Crippen molar-refractivity contribution < 1.29 is 0 Å². The van der Waals surface area contributed by atoms with Gasteiger partial charge in [0.2, 0.25) is 0 Å². The molecule has 1 aromatic heterocycles. The van der Waals surface area contributed by atoms with Crippen molar-refractivity contribution in [3.8, 4) is 0 Å². The number of nitrogens with one attached hydrogen (secondary N) is 1. The summed E-state index contributed by atoms with van der Waals surface area (Å²) in [4.78, 5) is 3.44. The van der Waals surface area contributed by atoms with Gasteiger partial charge in [-0.15, -0.1) is 11.6 Å². The third kappa shape index (κ3) is 2.12. The molecule has 1 nitrogen and oxygen atoms in total. The molecule has 3 rings (SSSR count). The Kier molecular flexibility index (Phi) is 3.24. The van der Waals surface area contributed by atoms with Crippen molar-refractivity contribution in [1.82, 2.24) is 4.98 Å². The van der Waals surface area contributed by atoms with Crippen LogP contribution in [0.3, 0.4) is 0 Å². The summed E-state index contributed by atoms with van der Waals surface area (Å²) in [5, 5.41) is 2.62. The van der Waals surface area contributed by atoms with Gasteiger partial charge in [0.25, 0.3) is 0 Å². The maximum absolute atomic E-state index is 6.57. The second-order valence-electron chi connectivity index (χ2n) is 5.26. The number of H-pyrrole nitrogens is 1. The zero-order chi connectivity index (χ0) is 13.4. The van der Waals surface area contributed by atoms with Gasteiger partial charge in [0, 0.05) is 21.8 Å². The number of aromatic amines is 1. The van der Waals surface area contributed by atoms with Crippen molar-refractivity contribution in [3.63, 3.8) is 0 Å². The van der Waals surface area contributed by atoms with E-state index in [2.05, 4.69) is 61.3 Å². The van der Waals surface area contributed by atoms with Gasteiger partial charge in [-0.05, 0) is 29.7 Å². The molecular formula is C17H18ClN. The smallest absolute Gasteiger partial charge is 0.0610 e. The van der Waals surface area contributed by atoms with E-state index in [-0.39, 0.29) is 5.38 Å². The molecule has 19 heavy (non-hydrogen) atoms. The molecule has 0 amide bonds. The minimum atomic E-state index is 0.0862. The lowest BCUT2D eigenvalue weighted by Crippen LogP contribution is -2.02. The first-order valence-electron chi connectivity index (χ1n) is 6.85. The van der Waals surface area contributed by atoms with Gasteiger partial charge in [0.1, 0.15) is 0 Å². The van der Waals surface area contributed by atoms with Crippen LogP contribution in [0.4, 0.5) is 0 Å². The first kappa shape index (κ1) is 12.6. The summed E-state index contributed by atoms with van der Waals surface area (Å²) in [5.41, 5.74) is 3.58. The lowest BCUT2D eigenvalue weighted by molar-refractivity contribution is 0.543. The summed E-state index contributed by atoms with van der Waals surface area (Å²) in [6.45, 7) is 4.39. The van der Waals surface area contributed by atoms with Crippen molar-refractivity contribution in [2.75, 3.05) is 0 Å². The van der Waals surface area contributed by atoms with Gasteiger partial charge in [-0.25, -0.2) is 0 Å². The van der Waals surface area contributed by atoms with Gasteiger partial charge in [-0.2, -0.15) is 0 Å². The predicted molar refractivity (Wildman–Crippen MR) is 83.9 cm³/mol. The van der Waals surface area contributed by atoms with E-state index >= 15 is 0 Å². The standard InChI is InChI=1S/C17H18ClN/c1-3-11(2)17(18)12-8-9-16-14(10-12)13-6-4-5-7-15(13)19-16/h4-11,17,19H,3H2,1-2H3. The van der Waals surface area contributed by atoms with E-state index in [1.807, 2.05) is 0 Å². The average Bonchev–Trinajstić information content (AvgIpc) is 2.83. The number of halogens is 1. The van der Waals surface area contributed by atoms with Crippen LogP contribution in [0.2, 0.25) is 0 Å². The van der Waals surface area contributed by atoms with Gasteiger partial charge in [0.05, 0.1) is 5.38 Å². The Balaban J connectivity index is 2.16. The van der Waals surface area contributed by atoms with Crippen LogP contribution in [0.25, 0.3) is 21.8 Å². The number of aromatic nitrogens is 1. The molecule has 0 aliphatic carbocycles. The van der Waals surface area contributed by atoms with Crippen LogP contribution in [-0.4, -0.2) is 4.98 Å². The van der Waals surface area contributed by atoms with Crippen LogP contribution in [0.5, 0.6) is 0 Å². The lowest BCUT2D eigenvalue weighted by Gasteiger charge is -2.16. The zero-order valence-electron chi connectivity index (χ0n) is 11.3. The Labute approximate surface area is 118 Å². The van der Waals surface area contributed by atoms with Crippen molar-refractivity contribution in [3.05, 3.63) is 48.0 Å². The maximum Gasteiger partial charge on any atom is 0.0610 e. The lowest BCUT2D eigenvalue weighted by atomic mass is 9.97. The average molecular weight is 272 g/mol. The summed E-state index contributed by atoms with van der Waals surface area (Å²) in [6.07, 6.45) is 1.10. The van der Waals surface area contributed by atoms with Crippen molar-refractivity contribution in [1.29, 1.82) is 0 Å². The Morgan fingerprint density at radius 1 is 1.05 bits per heavy atom. The minimum absolute atomic E-state index is 0.0862. The van der Waals surface area contributed by atoms with E-state index in [9.17, 15) is 0 Å². The molecule has 0 saturated carbocycles. The topological polar surface area (TPSA) is 15.8 Å². The molecule has 0 aliphatic rings. The van der Waals surface area contributed by atoms with E-state index < -0.39 is 0 Å². The van der Waals surface area contributed by atoms with Crippen LogP contribution in [0.1, 0.15) is 31.2 Å². The van der Waals surface area contributed by atoms with Gasteiger partial charge in [-0.3, -0.25) is 0 Å². The molecule has 2 unspecified atom stereocenters. The first-order valence-corrected chi connectivity index (χ1v) is 7.28. The Morgan fingerprint density at radius 2 is 1.79 bits per heavy atom. The normalized spacial score (nSPS) is 14.9. The van der Waals surface area contributed by atoms with E-state index in [0.29, 0.717) is 5.92 Å². The van der Waals surface area contributed by atoms with Gasteiger partial charge in [0.15, 0.2) is 0 Å². The van der Waals surface area contributed by atoms with Crippen LogP contribution in [-0.2, 0) is 0 Å². The first-order chi connectivity index (χ1) is 9.20. The second-order valence-corrected chi connectivity index (χ2v) is 5.73. The van der Waals surface area contributed by atoms with Gasteiger partial charge in [-0.1, -0.05) is 44.5 Å². The number of hydrogen-bond acceptors (Lipinski definition) is 0. The fourth-order valence-corrected chi connectivity index (χ4v) is 2.89. The molecule has 98 valence electrons. The molecule has 0 radical (unpaired) electrons.